The summed E-state index contributed by atoms with van der Waals surface area (Å²) in [5.74, 6) is 0.213. The molecule has 0 saturated carbocycles. The van der Waals surface area contributed by atoms with Gasteiger partial charge in [0.2, 0.25) is 0 Å². The molecule has 0 atom stereocenters. The largest absolute Gasteiger partial charge is 0.434 e. The van der Waals surface area contributed by atoms with Crippen LogP contribution in [0.5, 0.6) is 5.75 Å². The molecule has 0 unspecified atom stereocenters. The fourth-order valence-corrected chi connectivity index (χ4v) is 1.91. The van der Waals surface area contributed by atoms with Gasteiger partial charge in [-0.15, -0.1) is 0 Å². The maximum atomic E-state index is 12.4. The first kappa shape index (κ1) is 14.2. The van der Waals surface area contributed by atoms with Crippen molar-refractivity contribution in [3.63, 3.8) is 0 Å². The van der Waals surface area contributed by atoms with Crippen LogP contribution in [-0.2, 0) is 6.42 Å². The number of H-pyrrole nitrogens is 1. The zero-order valence-corrected chi connectivity index (χ0v) is 11.1. The van der Waals surface area contributed by atoms with Crippen LogP contribution >= 0.6 is 0 Å². The minimum absolute atomic E-state index is 0.0171. The molecule has 2 aromatic rings. The van der Waals surface area contributed by atoms with E-state index in [4.69, 9.17) is 0 Å². The van der Waals surface area contributed by atoms with Gasteiger partial charge in [0.05, 0.1) is 11.3 Å². The van der Waals surface area contributed by atoms with E-state index in [-0.39, 0.29) is 17.1 Å². The Morgan fingerprint density at radius 1 is 1.35 bits per heavy atom. The molecule has 1 aromatic carbocycles. The normalized spacial score (nSPS) is 10.8. The number of hydrogen-bond donors (Lipinski definition) is 1. The Balaban J connectivity index is 2.57. The van der Waals surface area contributed by atoms with Crippen LogP contribution in [0, 0.1) is 6.92 Å². The van der Waals surface area contributed by atoms with Crippen molar-refractivity contribution in [1.82, 2.24) is 9.97 Å². The second kappa shape index (κ2) is 5.81. The summed E-state index contributed by atoms with van der Waals surface area (Å²) in [7, 11) is 0. The van der Waals surface area contributed by atoms with Crippen LogP contribution in [-0.4, -0.2) is 16.6 Å². The Labute approximate surface area is 114 Å². The summed E-state index contributed by atoms with van der Waals surface area (Å²) in [5, 5.41) is 0. The van der Waals surface area contributed by atoms with Crippen LogP contribution in [0.4, 0.5) is 8.78 Å². The molecule has 1 heterocycles. The smallest absolute Gasteiger partial charge is 0.387 e. The molecule has 0 fully saturated rings. The Bertz CT molecular complexity index is 668. The van der Waals surface area contributed by atoms with Crippen molar-refractivity contribution in [2.45, 2.75) is 26.9 Å². The Kier molecular flexibility index (Phi) is 4.12. The number of aryl methyl sites for hydroxylation is 1. The standard InChI is InChI=1S/C14H14F2N2O2/c1-3-10-8(2)13(19)18-12(17-10)9-6-4-5-7-11(9)20-14(15)16/h4-7,14H,3H2,1-2H3,(H,17,18,19). The second-order valence-corrected chi connectivity index (χ2v) is 4.21. The van der Waals surface area contributed by atoms with E-state index < -0.39 is 6.61 Å². The summed E-state index contributed by atoms with van der Waals surface area (Å²) < 4.78 is 29.2. The fraction of sp³-hybridized carbons (Fsp3) is 0.286. The van der Waals surface area contributed by atoms with Gasteiger partial charge in [0.15, 0.2) is 0 Å². The number of para-hydroxylation sites is 1. The number of nitrogens with zero attached hydrogens (tertiary/aromatic N) is 1. The predicted octanol–water partition coefficient (Wildman–Crippen LogP) is 2.91. The fourth-order valence-electron chi connectivity index (χ4n) is 1.91. The van der Waals surface area contributed by atoms with Gasteiger partial charge in [-0.2, -0.15) is 8.78 Å². The van der Waals surface area contributed by atoms with Crippen molar-refractivity contribution in [2.75, 3.05) is 0 Å². The van der Waals surface area contributed by atoms with E-state index in [9.17, 15) is 13.6 Å². The molecule has 0 spiro atoms. The molecule has 0 aliphatic heterocycles. The molecular formula is C14H14F2N2O2. The number of ether oxygens (including phenoxy) is 1. The third kappa shape index (κ3) is 2.84. The van der Waals surface area contributed by atoms with Crippen LogP contribution in [0.15, 0.2) is 29.1 Å². The van der Waals surface area contributed by atoms with Crippen molar-refractivity contribution >= 4 is 0 Å². The molecule has 4 nitrogen and oxygen atoms in total. The average Bonchev–Trinajstić information content (AvgIpc) is 2.42. The molecule has 2 rings (SSSR count). The quantitative estimate of drug-likeness (QED) is 0.936. The van der Waals surface area contributed by atoms with Gasteiger partial charge in [0.25, 0.3) is 5.56 Å². The van der Waals surface area contributed by atoms with E-state index in [1.165, 1.54) is 6.07 Å². The van der Waals surface area contributed by atoms with Crippen LogP contribution in [0.2, 0.25) is 0 Å². The molecular weight excluding hydrogens is 266 g/mol. The summed E-state index contributed by atoms with van der Waals surface area (Å²) in [6, 6.07) is 6.23. The van der Waals surface area contributed by atoms with Gasteiger partial charge in [0.1, 0.15) is 11.6 Å². The molecule has 0 bridgehead atoms. The van der Waals surface area contributed by atoms with Crippen molar-refractivity contribution in [3.8, 4) is 17.1 Å². The predicted molar refractivity (Wildman–Crippen MR) is 71.0 cm³/mol. The van der Waals surface area contributed by atoms with Gasteiger partial charge in [-0.25, -0.2) is 4.98 Å². The lowest BCUT2D eigenvalue weighted by molar-refractivity contribution is -0.0494. The maximum absolute atomic E-state index is 12.4. The molecule has 1 aromatic heterocycles. The molecule has 106 valence electrons. The van der Waals surface area contributed by atoms with E-state index in [1.54, 1.807) is 25.1 Å². The Morgan fingerprint density at radius 3 is 2.70 bits per heavy atom. The highest BCUT2D eigenvalue weighted by molar-refractivity contribution is 5.64. The highest BCUT2D eigenvalue weighted by Gasteiger charge is 2.14. The van der Waals surface area contributed by atoms with Crippen molar-refractivity contribution in [2.24, 2.45) is 0 Å². The first-order valence-corrected chi connectivity index (χ1v) is 6.17. The number of hydrogen-bond acceptors (Lipinski definition) is 3. The summed E-state index contributed by atoms with van der Waals surface area (Å²) >= 11 is 0. The summed E-state index contributed by atoms with van der Waals surface area (Å²) in [4.78, 5) is 18.7. The molecule has 0 aliphatic rings. The van der Waals surface area contributed by atoms with Gasteiger partial charge >= 0.3 is 6.61 Å². The minimum Gasteiger partial charge on any atom is -0.434 e. The SMILES string of the molecule is CCc1nc(-c2ccccc2OC(F)F)[nH]c(=O)c1C. The molecule has 0 aliphatic carbocycles. The van der Waals surface area contributed by atoms with Gasteiger partial charge in [-0.05, 0) is 25.5 Å². The van der Waals surface area contributed by atoms with Crippen molar-refractivity contribution < 1.29 is 13.5 Å². The molecule has 6 heteroatoms. The lowest BCUT2D eigenvalue weighted by Crippen LogP contribution is -2.16. The second-order valence-electron chi connectivity index (χ2n) is 4.21. The van der Waals surface area contributed by atoms with Gasteiger partial charge in [-0.3, -0.25) is 4.79 Å². The van der Waals surface area contributed by atoms with Gasteiger partial charge in [0, 0.05) is 5.56 Å². The third-order valence-electron chi connectivity index (χ3n) is 2.95. The first-order chi connectivity index (χ1) is 9.52. The van der Waals surface area contributed by atoms with E-state index in [0.717, 1.165) is 0 Å². The summed E-state index contributed by atoms with van der Waals surface area (Å²) in [6.45, 7) is 0.620. The zero-order chi connectivity index (χ0) is 14.7. The van der Waals surface area contributed by atoms with Crippen LogP contribution in [0.1, 0.15) is 18.2 Å². The molecule has 20 heavy (non-hydrogen) atoms. The van der Waals surface area contributed by atoms with E-state index in [0.29, 0.717) is 23.2 Å². The molecule has 0 saturated heterocycles. The molecule has 1 N–H and O–H groups in total. The van der Waals surface area contributed by atoms with Crippen molar-refractivity contribution in [3.05, 3.63) is 45.9 Å². The van der Waals surface area contributed by atoms with Gasteiger partial charge in [-0.1, -0.05) is 19.1 Å². The highest BCUT2D eigenvalue weighted by Crippen LogP contribution is 2.28. The van der Waals surface area contributed by atoms with Crippen LogP contribution in [0.25, 0.3) is 11.4 Å². The minimum atomic E-state index is -2.93. The summed E-state index contributed by atoms with van der Waals surface area (Å²) in [5.41, 5.74) is 1.22. The Morgan fingerprint density at radius 2 is 2.05 bits per heavy atom. The average molecular weight is 280 g/mol. The maximum Gasteiger partial charge on any atom is 0.387 e. The molecule has 0 radical (unpaired) electrons. The number of alkyl halides is 2. The van der Waals surface area contributed by atoms with Gasteiger partial charge < -0.3 is 9.72 Å². The highest BCUT2D eigenvalue weighted by atomic mass is 19.3. The van der Waals surface area contributed by atoms with Crippen LogP contribution in [0.3, 0.4) is 0 Å². The number of nitrogens with one attached hydrogen (secondary N) is 1. The van der Waals surface area contributed by atoms with E-state index in [2.05, 4.69) is 14.7 Å². The van der Waals surface area contributed by atoms with Crippen molar-refractivity contribution in [1.29, 1.82) is 0 Å². The third-order valence-corrected chi connectivity index (χ3v) is 2.95. The monoisotopic (exact) mass is 280 g/mol. The lowest BCUT2D eigenvalue weighted by atomic mass is 10.1. The van der Waals surface area contributed by atoms with E-state index in [1.807, 2.05) is 6.92 Å². The molecule has 0 amide bonds. The topological polar surface area (TPSA) is 55.0 Å². The number of aromatic nitrogens is 2. The van der Waals surface area contributed by atoms with Crippen LogP contribution < -0.4 is 10.3 Å². The lowest BCUT2D eigenvalue weighted by Gasteiger charge is -2.11. The number of aromatic amines is 1. The van der Waals surface area contributed by atoms with E-state index >= 15 is 0 Å². The number of benzene rings is 1. The number of rotatable bonds is 4. The Hall–Kier alpha value is -2.24. The summed E-state index contributed by atoms with van der Waals surface area (Å²) in [6.07, 6.45) is 0.584. The first-order valence-electron chi connectivity index (χ1n) is 6.17. The zero-order valence-electron chi connectivity index (χ0n) is 11.1. The number of halogens is 2.